The van der Waals surface area contributed by atoms with Gasteiger partial charge in [-0.2, -0.15) is 0 Å². The average Bonchev–Trinajstić information content (AvgIpc) is 2.69. The van der Waals surface area contributed by atoms with Crippen LogP contribution in [0.1, 0.15) is 0 Å². The van der Waals surface area contributed by atoms with E-state index in [2.05, 4.69) is 9.78 Å². The van der Waals surface area contributed by atoms with Crippen molar-refractivity contribution in [2.45, 2.75) is 0 Å². The van der Waals surface area contributed by atoms with E-state index in [1.165, 1.54) is 18.2 Å². The molecule has 0 spiro atoms. The van der Waals surface area contributed by atoms with Crippen molar-refractivity contribution in [2.24, 2.45) is 0 Å². The smallest absolute Gasteiger partial charge is 0.214 e. The van der Waals surface area contributed by atoms with E-state index in [9.17, 15) is 0 Å². The fraction of sp³-hybridized carbons (Fsp3) is 0.143. The van der Waals surface area contributed by atoms with Crippen molar-refractivity contribution >= 4 is 0 Å². The Hall–Kier alpha value is -1.26. The average molecular weight is 156 g/mol. The summed E-state index contributed by atoms with van der Waals surface area (Å²) in [6.45, 7) is 0.500. The number of phenols is 2. The van der Waals surface area contributed by atoms with E-state index in [-0.39, 0.29) is 11.5 Å². The van der Waals surface area contributed by atoms with Crippen molar-refractivity contribution in [3.8, 4) is 11.5 Å². The molecule has 2 rings (SSSR count). The summed E-state index contributed by atoms with van der Waals surface area (Å²) in [4.78, 5) is 8.00. The lowest BCUT2D eigenvalue weighted by Crippen LogP contribution is -1.61. The largest absolute Gasteiger partial charge is 0.508 e. The van der Waals surface area contributed by atoms with E-state index < -0.39 is 0 Å². The molecule has 1 fully saturated rings. The highest BCUT2D eigenvalue weighted by Crippen LogP contribution is 2.14. The first-order valence-electron chi connectivity index (χ1n) is 3.01. The third kappa shape index (κ3) is 4.19. The molecule has 0 atom stereocenters. The normalized spacial score (nSPS) is 13.1. The molecule has 11 heavy (non-hydrogen) atoms. The molecule has 0 aromatic heterocycles. The summed E-state index contributed by atoms with van der Waals surface area (Å²) in [5.74, 6) is 0.176. The molecule has 0 radical (unpaired) electrons. The van der Waals surface area contributed by atoms with Gasteiger partial charge in [0.2, 0.25) is 6.79 Å². The van der Waals surface area contributed by atoms with Crippen molar-refractivity contribution < 1.29 is 20.0 Å². The minimum absolute atomic E-state index is 0.0880. The molecule has 2 N–H and O–H groups in total. The molecule has 0 saturated carbocycles. The zero-order valence-electron chi connectivity index (χ0n) is 5.73. The Morgan fingerprint density at radius 3 is 1.73 bits per heavy atom. The van der Waals surface area contributed by atoms with E-state index in [4.69, 9.17) is 10.2 Å². The molecule has 1 heterocycles. The number of benzene rings is 1. The van der Waals surface area contributed by atoms with Gasteiger partial charge in [-0.05, 0) is 12.1 Å². The van der Waals surface area contributed by atoms with E-state index in [1.54, 1.807) is 6.07 Å². The van der Waals surface area contributed by atoms with Crippen LogP contribution in [0.5, 0.6) is 11.5 Å². The molecule has 0 unspecified atom stereocenters. The van der Waals surface area contributed by atoms with E-state index in [0.29, 0.717) is 6.79 Å². The molecule has 4 heteroatoms. The monoisotopic (exact) mass is 156 g/mol. The van der Waals surface area contributed by atoms with Gasteiger partial charge in [0.05, 0.1) is 0 Å². The SMILES string of the molecule is C1OO1.Oc1cccc(O)c1. The van der Waals surface area contributed by atoms with Crippen LogP contribution in [0.3, 0.4) is 0 Å². The molecule has 1 aliphatic heterocycles. The van der Waals surface area contributed by atoms with Crippen LogP contribution in [0.25, 0.3) is 0 Å². The van der Waals surface area contributed by atoms with Crippen molar-refractivity contribution in [2.75, 3.05) is 6.79 Å². The predicted molar refractivity (Wildman–Crippen MR) is 36.8 cm³/mol. The topological polar surface area (TPSA) is 65.5 Å². The van der Waals surface area contributed by atoms with Crippen LogP contribution in [0.15, 0.2) is 24.3 Å². The minimum Gasteiger partial charge on any atom is -0.508 e. The van der Waals surface area contributed by atoms with Gasteiger partial charge in [-0.1, -0.05) is 6.07 Å². The molecule has 1 aromatic rings. The number of aromatic hydroxyl groups is 2. The lowest BCUT2D eigenvalue weighted by molar-refractivity contribution is 0.0850. The second-order valence-electron chi connectivity index (χ2n) is 1.87. The number of rotatable bonds is 0. The Labute approximate surface area is 63.5 Å². The Bertz CT molecular complexity index is 201. The molecular formula is C7H8O4. The maximum atomic E-state index is 8.65. The Kier molecular flexibility index (Phi) is 2.71. The lowest BCUT2D eigenvalue weighted by Gasteiger charge is -1.89. The molecule has 0 bridgehead atoms. The van der Waals surface area contributed by atoms with Gasteiger partial charge in [0.25, 0.3) is 0 Å². The third-order valence-electron chi connectivity index (χ3n) is 0.948. The van der Waals surface area contributed by atoms with Crippen LogP contribution in [0.4, 0.5) is 0 Å². The Morgan fingerprint density at radius 2 is 1.55 bits per heavy atom. The summed E-state index contributed by atoms with van der Waals surface area (Å²) < 4.78 is 0. The van der Waals surface area contributed by atoms with Crippen molar-refractivity contribution in [3.05, 3.63) is 24.3 Å². The van der Waals surface area contributed by atoms with Crippen LogP contribution < -0.4 is 0 Å². The predicted octanol–water partition coefficient (Wildman–Crippen LogP) is 1.00. The van der Waals surface area contributed by atoms with Crippen LogP contribution in [0, 0.1) is 0 Å². The van der Waals surface area contributed by atoms with E-state index in [1.807, 2.05) is 0 Å². The summed E-state index contributed by atoms with van der Waals surface area (Å²) in [6, 6.07) is 5.85. The summed E-state index contributed by atoms with van der Waals surface area (Å²) in [7, 11) is 0. The van der Waals surface area contributed by atoms with Crippen LogP contribution in [0.2, 0.25) is 0 Å². The number of hydrogen-bond donors (Lipinski definition) is 2. The van der Waals surface area contributed by atoms with Crippen LogP contribution in [-0.2, 0) is 9.78 Å². The van der Waals surface area contributed by atoms with Gasteiger partial charge in [0.1, 0.15) is 11.5 Å². The highest BCUT2D eigenvalue weighted by atomic mass is 17.4. The molecule has 1 aromatic carbocycles. The summed E-state index contributed by atoms with van der Waals surface area (Å²) >= 11 is 0. The Balaban J connectivity index is 0.000000167. The quantitative estimate of drug-likeness (QED) is 0.434. The first-order valence-corrected chi connectivity index (χ1v) is 3.01. The van der Waals surface area contributed by atoms with Gasteiger partial charge in [0, 0.05) is 6.07 Å². The fourth-order valence-corrected chi connectivity index (χ4v) is 0.493. The lowest BCUT2D eigenvalue weighted by atomic mass is 10.3. The van der Waals surface area contributed by atoms with Gasteiger partial charge in [-0.15, -0.1) is 0 Å². The maximum Gasteiger partial charge on any atom is 0.214 e. The van der Waals surface area contributed by atoms with Crippen LogP contribution >= 0.6 is 0 Å². The van der Waals surface area contributed by atoms with Crippen molar-refractivity contribution in [1.29, 1.82) is 0 Å². The van der Waals surface area contributed by atoms with Gasteiger partial charge < -0.3 is 10.2 Å². The van der Waals surface area contributed by atoms with Crippen molar-refractivity contribution in [1.82, 2.24) is 0 Å². The molecular weight excluding hydrogens is 148 g/mol. The number of hydrogen-bond acceptors (Lipinski definition) is 4. The molecule has 0 aliphatic carbocycles. The standard InChI is InChI=1S/C6H6O2.CH2O2/c7-5-2-1-3-6(8)4-5;1-2-3-1/h1-4,7-8H;1H2. The van der Waals surface area contributed by atoms with Gasteiger partial charge >= 0.3 is 0 Å². The van der Waals surface area contributed by atoms with E-state index >= 15 is 0 Å². The van der Waals surface area contributed by atoms with Gasteiger partial charge in [0.15, 0.2) is 0 Å². The first-order chi connectivity index (χ1) is 5.29. The second kappa shape index (κ2) is 3.80. The number of phenolic OH excluding ortho intramolecular Hbond substituents is 2. The maximum absolute atomic E-state index is 8.65. The van der Waals surface area contributed by atoms with Gasteiger partial charge in [-0.3, -0.25) is 0 Å². The van der Waals surface area contributed by atoms with Gasteiger partial charge in [-0.25, -0.2) is 9.78 Å². The molecule has 0 amide bonds. The first kappa shape index (κ1) is 7.84. The zero-order chi connectivity index (χ0) is 8.10. The highest BCUT2D eigenvalue weighted by molar-refractivity contribution is 5.30. The highest BCUT2D eigenvalue weighted by Gasteiger charge is 1.95. The molecule has 60 valence electrons. The minimum atomic E-state index is 0.0880. The third-order valence-corrected chi connectivity index (χ3v) is 0.948. The van der Waals surface area contributed by atoms with Crippen molar-refractivity contribution in [3.63, 3.8) is 0 Å². The fourth-order valence-electron chi connectivity index (χ4n) is 0.493. The molecule has 1 aliphatic rings. The summed E-state index contributed by atoms with van der Waals surface area (Å²) in [6.07, 6.45) is 0. The van der Waals surface area contributed by atoms with E-state index in [0.717, 1.165) is 0 Å². The van der Waals surface area contributed by atoms with Crippen LogP contribution in [-0.4, -0.2) is 17.0 Å². The Morgan fingerprint density at radius 1 is 1.09 bits per heavy atom. The summed E-state index contributed by atoms with van der Waals surface area (Å²) in [5.41, 5.74) is 0. The second-order valence-corrected chi connectivity index (χ2v) is 1.87. The molecule has 4 nitrogen and oxygen atoms in total. The zero-order valence-corrected chi connectivity index (χ0v) is 5.73. The summed E-state index contributed by atoms with van der Waals surface area (Å²) in [5, 5.41) is 17.3. The molecule has 1 saturated heterocycles.